The van der Waals surface area contributed by atoms with Crippen molar-refractivity contribution in [3.8, 4) is 0 Å². The summed E-state index contributed by atoms with van der Waals surface area (Å²) in [6, 6.07) is -0.382. The van der Waals surface area contributed by atoms with E-state index in [4.69, 9.17) is 5.73 Å². The van der Waals surface area contributed by atoms with Crippen LogP contribution in [0.4, 0.5) is 0 Å². The number of nitrogens with two attached hydrogens (primary N) is 1. The molecule has 122 valence electrons. The minimum atomic E-state index is -0.382. The van der Waals surface area contributed by atoms with Crippen molar-refractivity contribution >= 4 is 5.91 Å². The van der Waals surface area contributed by atoms with Gasteiger partial charge in [-0.2, -0.15) is 0 Å². The maximum Gasteiger partial charge on any atom is 0.237 e. The highest BCUT2D eigenvalue weighted by molar-refractivity contribution is 5.81. The Kier molecular flexibility index (Phi) is 6.06. The molecule has 1 heterocycles. The molecule has 1 aliphatic heterocycles. The molecule has 2 fully saturated rings. The van der Waals surface area contributed by atoms with Crippen LogP contribution >= 0.6 is 0 Å². The fourth-order valence-corrected chi connectivity index (χ4v) is 3.86. The first-order valence-electron chi connectivity index (χ1n) is 8.83. The van der Waals surface area contributed by atoms with Gasteiger partial charge in [-0.1, -0.05) is 39.5 Å². The van der Waals surface area contributed by atoms with Crippen LogP contribution in [-0.4, -0.2) is 42.0 Å². The van der Waals surface area contributed by atoms with Crippen LogP contribution in [-0.2, 0) is 4.79 Å². The SMILES string of the molecule is CC(C)[C@H](N)C(=O)NCC1(N2CCCCC2)CCCCC1. The molecule has 2 rings (SSSR count). The number of hydrogen-bond acceptors (Lipinski definition) is 3. The fourth-order valence-electron chi connectivity index (χ4n) is 3.86. The number of hydrogen-bond donors (Lipinski definition) is 2. The molecule has 1 aliphatic carbocycles. The van der Waals surface area contributed by atoms with E-state index in [1.54, 1.807) is 0 Å². The Labute approximate surface area is 129 Å². The zero-order valence-corrected chi connectivity index (χ0v) is 13.9. The third kappa shape index (κ3) is 4.19. The summed E-state index contributed by atoms with van der Waals surface area (Å²) in [4.78, 5) is 14.9. The number of nitrogens with zero attached hydrogens (tertiary/aromatic N) is 1. The van der Waals surface area contributed by atoms with E-state index in [0.29, 0.717) is 0 Å². The predicted molar refractivity (Wildman–Crippen MR) is 87.1 cm³/mol. The topological polar surface area (TPSA) is 58.4 Å². The summed E-state index contributed by atoms with van der Waals surface area (Å²) in [5.41, 5.74) is 6.17. The average molecular weight is 295 g/mol. The van der Waals surface area contributed by atoms with Gasteiger partial charge in [0, 0.05) is 12.1 Å². The van der Waals surface area contributed by atoms with Crippen molar-refractivity contribution in [2.75, 3.05) is 19.6 Å². The summed E-state index contributed by atoms with van der Waals surface area (Å²) in [6.07, 6.45) is 10.4. The van der Waals surface area contributed by atoms with Gasteiger partial charge < -0.3 is 11.1 Å². The highest BCUT2D eigenvalue weighted by Crippen LogP contribution is 2.35. The molecule has 0 aromatic heterocycles. The molecule has 0 radical (unpaired) electrons. The first kappa shape index (κ1) is 16.8. The Balaban J connectivity index is 1.97. The van der Waals surface area contributed by atoms with Gasteiger partial charge in [-0.25, -0.2) is 0 Å². The summed E-state index contributed by atoms with van der Waals surface area (Å²) >= 11 is 0. The Hall–Kier alpha value is -0.610. The Morgan fingerprint density at radius 1 is 1.10 bits per heavy atom. The summed E-state index contributed by atoms with van der Waals surface area (Å²) in [6.45, 7) is 7.20. The maximum atomic E-state index is 12.2. The lowest BCUT2D eigenvalue weighted by atomic mass is 9.79. The number of carbonyl (C=O) groups excluding carboxylic acids is 1. The van der Waals surface area contributed by atoms with Crippen molar-refractivity contribution in [3.63, 3.8) is 0 Å². The first-order valence-corrected chi connectivity index (χ1v) is 8.83. The van der Waals surface area contributed by atoms with Crippen LogP contribution in [0.5, 0.6) is 0 Å². The Bertz CT molecular complexity index is 331. The quantitative estimate of drug-likeness (QED) is 0.818. The number of likely N-dealkylation sites (tertiary alicyclic amines) is 1. The summed E-state index contributed by atoms with van der Waals surface area (Å²) in [7, 11) is 0. The number of rotatable bonds is 5. The van der Waals surface area contributed by atoms with Gasteiger partial charge in [-0.05, 0) is 44.7 Å². The first-order chi connectivity index (χ1) is 10.1. The van der Waals surface area contributed by atoms with E-state index in [1.807, 2.05) is 13.8 Å². The van der Waals surface area contributed by atoms with Gasteiger partial charge >= 0.3 is 0 Å². The van der Waals surface area contributed by atoms with E-state index < -0.39 is 0 Å². The lowest BCUT2D eigenvalue weighted by Gasteiger charge is -2.48. The van der Waals surface area contributed by atoms with Crippen LogP contribution in [0.1, 0.15) is 65.2 Å². The molecule has 0 aromatic rings. The molecule has 0 aromatic carbocycles. The minimum absolute atomic E-state index is 0.0203. The second-order valence-electron chi connectivity index (χ2n) is 7.32. The van der Waals surface area contributed by atoms with Crippen LogP contribution in [0, 0.1) is 5.92 Å². The number of amides is 1. The van der Waals surface area contributed by atoms with E-state index >= 15 is 0 Å². The highest BCUT2D eigenvalue weighted by atomic mass is 16.2. The van der Waals surface area contributed by atoms with Gasteiger partial charge in [0.2, 0.25) is 5.91 Å². The van der Waals surface area contributed by atoms with Gasteiger partial charge in [-0.3, -0.25) is 9.69 Å². The molecular formula is C17H33N3O. The molecule has 0 bridgehead atoms. The second kappa shape index (κ2) is 7.59. The standard InChI is InChI=1S/C17H33N3O/c1-14(2)15(18)16(21)19-13-17(9-5-3-6-10-17)20-11-7-4-8-12-20/h14-15H,3-13,18H2,1-2H3,(H,19,21)/t15-/m0/s1. The number of piperidine rings is 1. The van der Waals surface area contributed by atoms with Crippen molar-refractivity contribution in [2.45, 2.75) is 76.8 Å². The summed E-state index contributed by atoms with van der Waals surface area (Å²) in [5.74, 6) is 0.217. The summed E-state index contributed by atoms with van der Waals surface area (Å²) < 4.78 is 0. The largest absolute Gasteiger partial charge is 0.353 e. The van der Waals surface area contributed by atoms with Crippen LogP contribution in [0.15, 0.2) is 0 Å². The van der Waals surface area contributed by atoms with Gasteiger partial charge in [0.25, 0.3) is 0 Å². The molecule has 1 atom stereocenters. The molecular weight excluding hydrogens is 262 g/mol. The molecule has 21 heavy (non-hydrogen) atoms. The molecule has 0 unspecified atom stereocenters. The van der Waals surface area contributed by atoms with Crippen LogP contribution in [0.25, 0.3) is 0 Å². The Morgan fingerprint density at radius 3 is 2.24 bits per heavy atom. The lowest BCUT2D eigenvalue weighted by Crippen LogP contribution is -2.59. The molecule has 4 nitrogen and oxygen atoms in total. The van der Waals surface area contributed by atoms with Gasteiger partial charge in [-0.15, -0.1) is 0 Å². The number of carbonyl (C=O) groups is 1. The van der Waals surface area contributed by atoms with Crippen molar-refractivity contribution in [3.05, 3.63) is 0 Å². The zero-order chi connectivity index (χ0) is 15.3. The molecule has 1 saturated heterocycles. The maximum absolute atomic E-state index is 12.2. The molecule has 4 heteroatoms. The molecule has 0 spiro atoms. The zero-order valence-electron chi connectivity index (χ0n) is 13.9. The van der Waals surface area contributed by atoms with Crippen molar-refractivity contribution in [1.29, 1.82) is 0 Å². The van der Waals surface area contributed by atoms with Crippen molar-refractivity contribution in [1.82, 2.24) is 10.2 Å². The third-order valence-electron chi connectivity index (χ3n) is 5.42. The highest BCUT2D eigenvalue weighted by Gasteiger charge is 2.38. The normalized spacial score (nSPS) is 24.8. The molecule has 1 amide bonds. The van der Waals surface area contributed by atoms with Crippen LogP contribution in [0.2, 0.25) is 0 Å². The van der Waals surface area contributed by atoms with Gasteiger partial charge in [0.1, 0.15) is 0 Å². The van der Waals surface area contributed by atoms with Gasteiger partial charge in [0.15, 0.2) is 0 Å². The second-order valence-corrected chi connectivity index (χ2v) is 7.32. The predicted octanol–water partition coefficient (Wildman–Crippen LogP) is 2.27. The minimum Gasteiger partial charge on any atom is -0.353 e. The smallest absolute Gasteiger partial charge is 0.237 e. The molecule has 3 N–H and O–H groups in total. The Morgan fingerprint density at radius 2 is 1.67 bits per heavy atom. The number of nitrogens with one attached hydrogen (secondary N) is 1. The molecule has 2 aliphatic rings. The van der Waals surface area contributed by atoms with Crippen molar-refractivity contribution in [2.24, 2.45) is 11.7 Å². The van der Waals surface area contributed by atoms with E-state index in [-0.39, 0.29) is 23.4 Å². The van der Waals surface area contributed by atoms with Crippen LogP contribution in [0.3, 0.4) is 0 Å². The lowest BCUT2D eigenvalue weighted by molar-refractivity contribution is -0.124. The van der Waals surface area contributed by atoms with Crippen molar-refractivity contribution < 1.29 is 4.79 Å². The fraction of sp³-hybridized carbons (Fsp3) is 0.941. The van der Waals surface area contributed by atoms with Crippen LogP contribution < -0.4 is 11.1 Å². The van der Waals surface area contributed by atoms with Gasteiger partial charge in [0.05, 0.1) is 6.04 Å². The summed E-state index contributed by atoms with van der Waals surface area (Å²) in [5, 5.41) is 3.17. The molecule has 1 saturated carbocycles. The monoisotopic (exact) mass is 295 g/mol. The third-order valence-corrected chi connectivity index (χ3v) is 5.42. The van der Waals surface area contributed by atoms with E-state index in [1.165, 1.54) is 64.5 Å². The van der Waals surface area contributed by atoms with E-state index in [9.17, 15) is 4.79 Å². The van der Waals surface area contributed by atoms with E-state index in [0.717, 1.165) is 6.54 Å². The van der Waals surface area contributed by atoms with E-state index in [2.05, 4.69) is 10.2 Å². The average Bonchev–Trinajstić information content (AvgIpc) is 2.53.